The Hall–Kier alpha value is -3.04. The van der Waals surface area contributed by atoms with Gasteiger partial charge in [0.1, 0.15) is 11.6 Å². The molecule has 1 saturated carbocycles. The second-order valence-corrected chi connectivity index (χ2v) is 11.0. The number of nitrogens with one attached hydrogen (secondary N) is 1. The van der Waals surface area contributed by atoms with Crippen LogP contribution in [0, 0.1) is 0 Å². The first-order valence-electron chi connectivity index (χ1n) is 14.0. The largest absolute Gasteiger partial charge is 0.379 e. The molecule has 1 N–H and O–H groups in total. The van der Waals surface area contributed by atoms with Crippen molar-refractivity contribution < 1.29 is 4.74 Å². The Kier molecular flexibility index (Phi) is 6.05. The average molecular weight is 501 g/mol. The standard InChI is InChI=1S/C28H36N8O/c1-2-10-28(11-3-1)20-31-25-7-4-21-18-30-27(33-26(21)36(25)28)32-24-6-5-23(19-29-24)34-12-8-22(9-13-34)35-14-16-37-17-15-35/h4-7,18-19,22,31H,1-3,8-17,20H2. The molecule has 0 atom stereocenters. The first-order chi connectivity index (χ1) is 18.3. The summed E-state index contributed by atoms with van der Waals surface area (Å²) >= 11 is 0. The maximum Gasteiger partial charge on any atom is 0.253 e. The number of piperidine rings is 1. The van der Waals surface area contributed by atoms with Gasteiger partial charge in [0.25, 0.3) is 5.62 Å². The molecule has 9 nitrogen and oxygen atoms in total. The minimum atomic E-state index is 0.119. The SMILES string of the molecule is c1cc2n(c3nc(=Nc4ccc(N5CCC(N6CCOCC6)CC5)cn4)ncc1-3)C1(CCCCC1)CN2. The van der Waals surface area contributed by atoms with Crippen LogP contribution in [0.3, 0.4) is 0 Å². The van der Waals surface area contributed by atoms with Crippen LogP contribution < -0.4 is 15.8 Å². The van der Waals surface area contributed by atoms with Gasteiger partial charge in [0.15, 0.2) is 5.82 Å². The van der Waals surface area contributed by atoms with Crippen molar-refractivity contribution in [1.82, 2.24) is 24.4 Å². The molecule has 6 aliphatic rings. The monoisotopic (exact) mass is 500 g/mol. The Balaban J connectivity index is 1.10. The molecule has 1 aliphatic carbocycles. The molecule has 37 heavy (non-hydrogen) atoms. The van der Waals surface area contributed by atoms with Gasteiger partial charge < -0.3 is 19.5 Å². The van der Waals surface area contributed by atoms with Crippen LogP contribution in [-0.4, -0.2) is 76.4 Å². The first-order valence-corrected chi connectivity index (χ1v) is 14.0. The molecule has 3 fully saturated rings. The van der Waals surface area contributed by atoms with Gasteiger partial charge in [-0.15, -0.1) is 0 Å². The molecule has 194 valence electrons. The number of ether oxygens (including phenoxy) is 1. The summed E-state index contributed by atoms with van der Waals surface area (Å²) in [4.78, 5) is 23.9. The van der Waals surface area contributed by atoms with Gasteiger partial charge in [-0.1, -0.05) is 19.3 Å². The van der Waals surface area contributed by atoms with Crippen LogP contribution in [0.25, 0.3) is 11.4 Å². The minimum Gasteiger partial charge on any atom is -0.379 e. The van der Waals surface area contributed by atoms with Crippen molar-refractivity contribution in [3.05, 3.63) is 42.3 Å². The van der Waals surface area contributed by atoms with Gasteiger partial charge in [-0.25, -0.2) is 9.97 Å². The summed E-state index contributed by atoms with van der Waals surface area (Å²) in [6.45, 7) is 6.98. The summed E-state index contributed by atoms with van der Waals surface area (Å²) in [5.74, 6) is 2.77. The number of hydrogen-bond donors (Lipinski definition) is 1. The maximum absolute atomic E-state index is 5.52. The predicted octanol–water partition coefficient (Wildman–Crippen LogP) is 3.40. The molecule has 6 heterocycles. The topological polar surface area (TPSA) is 83.7 Å². The van der Waals surface area contributed by atoms with Crippen LogP contribution in [0.15, 0.2) is 41.7 Å². The first kappa shape index (κ1) is 23.1. The quantitative estimate of drug-likeness (QED) is 0.590. The molecule has 0 bridgehead atoms. The smallest absolute Gasteiger partial charge is 0.253 e. The Morgan fingerprint density at radius 2 is 1.76 bits per heavy atom. The summed E-state index contributed by atoms with van der Waals surface area (Å²) in [5, 5.41) is 3.63. The lowest BCUT2D eigenvalue weighted by Gasteiger charge is -2.40. The highest BCUT2D eigenvalue weighted by molar-refractivity contribution is 5.63. The number of nitrogens with zero attached hydrogens (tertiary/aromatic N) is 7. The molecule has 1 spiro atoms. The van der Waals surface area contributed by atoms with E-state index in [-0.39, 0.29) is 5.54 Å². The highest BCUT2D eigenvalue weighted by Crippen LogP contribution is 2.43. The van der Waals surface area contributed by atoms with E-state index in [0.717, 1.165) is 68.8 Å². The third kappa shape index (κ3) is 4.38. The highest BCUT2D eigenvalue weighted by atomic mass is 16.5. The Morgan fingerprint density at radius 1 is 0.919 bits per heavy atom. The summed E-state index contributed by atoms with van der Waals surface area (Å²) in [5.41, 5.74) is 2.81. The van der Waals surface area contributed by atoms with Crippen LogP contribution in [-0.2, 0) is 10.3 Å². The fraction of sp³-hybridized carbons (Fsp3) is 0.571. The molecular weight excluding hydrogens is 464 g/mol. The molecule has 0 amide bonds. The molecular formula is C28H36N8O. The van der Waals surface area contributed by atoms with E-state index in [4.69, 9.17) is 14.7 Å². The van der Waals surface area contributed by atoms with Crippen molar-refractivity contribution in [3.8, 4) is 11.4 Å². The normalized spacial score (nSPS) is 22.9. The van der Waals surface area contributed by atoms with Gasteiger partial charge >= 0.3 is 0 Å². The molecule has 0 aromatic carbocycles. The molecule has 2 saturated heterocycles. The number of anilines is 2. The van der Waals surface area contributed by atoms with Crippen LogP contribution >= 0.6 is 0 Å². The molecule has 1 aromatic rings. The molecule has 7 rings (SSSR count). The van der Waals surface area contributed by atoms with E-state index in [9.17, 15) is 0 Å². The lowest BCUT2D eigenvalue weighted by atomic mass is 9.81. The van der Waals surface area contributed by atoms with E-state index in [0.29, 0.717) is 17.5 Å². The van der Waals surface area contributed by atoms with Crippen molar-refractivity contribution in [2.45, 2.75) is 56.5 Å². The fourth-order valence-electron chi connectivity index (χ4n) is 6.81. The zero-order valence-corrected chi connectivity index (χ0v) is 21.5. The number of morpholine rings is 1. The minimum absolute atomic E-state index is 0.119. The van der Waals surface area contributed by atoms with Crippen molar-refractivity contribution in [2.75, 3.05) is 56.2 Å². The number of hydrogen-bond acceptors (Lipinski definition) is 8. The van der Waals surface area contributed by atoms with Crippen molar-refractivity contribution in [1.29, 1.82) is 0 Å². The Labute approximate surface area is 218 Å². The Morgan fingerprint density at radius 3 is 2.54 bits per heavy atom. The van der Waals surface area contributed by atoms with Crippen molar-refractivity contribution >= 4 is 17.3 Å². The molecule has 9 heteroatoms. The maximum atomic E-state index is 5.52. The third-order valence-corrected chi connectivity index (χ3v) is 8.85. The molecule has 1 aromatic heterocycles. The average Bonchev–Trinajstić information content (AvgIpc) is 3.32. The van der Waals surface area contributed by atoms with Crippen LogP contribution in [0.1, 0.15) is 44.9 Å². The van der Waals surface area contributed by atoms with Crippen molar-refractivity contribution in [3.63, 3.8) is 0 Å². The van der Waals surface area contributed by atoms with Crippen LogP contribution in [0.2, 0.25) is 0 Å². The van der Waals surface area contributed by atoms with Crippen LogP contribution in [0.5, 0.6) is 0 Å². The zero-order chi connectivity index (χ0) is 24.7. The fourth-order valence-corrected chi connectivity index (χ4v) is 6.81. The second kappa shape index (κ2) is 9.68. The highest BCUT2D eigenvalue weighted by Gasteiger charge is 2.41. The van der Waals surface area contributed by atoms with E-state index in [1.807, 2.05) is 18.5 Å². The van der Waals surface area contributed by atoms with E-state index in [2.05, 4.69) is 47.9 Å². The van der Waals surface area contributed by atoms with Crippen molar-refractivity contribution in [2.24, 2.45) is 4.99 Å². The lowest BCUT2D eigenvalue weighted by molar-refractivity contribution is 0.0115. The molecule has 0 radical (unpaired) electrons. The zero-order valence-electron chi connectivity index (χ0n) is 21.5. The number of pyridine rings is 2. The van der Waals surface area contributed by atoms with Gasteiger partial charge in [0, 0.05) is 50.5 Å². The summed E-state index contributed by atoms with van der Waals surface area (Å²) in [7, 11) is 0. The van der Waals surface area contributed by atoms with E-state index < -0.39 is 0 Å². The summed E-state index contributed by atoms with van der Waals surface area (Å²) < 4.78 is 7.95. The van der Waals surface area contributed by atoms with Gasteiger partial charge in [0.05, 0.1) is 30.6 Å². The lowest BCUT2D eigenvalue weighted by Crippen LogP contribution is -2.49. The van der Waals surface area contributed by atoms with Gasteiger partial charge in [0.2, 0.25) is 0 Å². The predicted molar refractivity (Wildman–Crippen MR) is 143 cm³/mol. The molecule has 5 aliphatic heterocycles. The van der Waals surface area contributed by atoms with Gasteiger partial charge in [-0.05, 0) is 49.9 Å². The third-order valence-electron chi connectivity index (χ3n) is 8.85. The molecule has 0 unspecified atom stereocenters. The number of rotatable bonds is 3. The van der Waals surface area contributed by atoms with Gasteiger partial charge in [-0.3, -0.25) is 4.90 Å². The number of fused-ring (bicyclic) bond motifs is 4. The second-order valence-electron chi connectivity index (χ2n) is 11.0. The van der Waals surface area contributed by atoms with Crippen LogP contribution in [0.4, 0.5) is 17.3 Å². The summed E-state index contributed by atoms with van der Waals surface area (Å²) in [6.07, 6.45) is 12.5. The van der Waals surface area contributed by atoms with E-state index in [1.165, 1.54) is 44.9 Å². The van der Waals surface area contributed by atoms with E-state index in [1.54, 1.807) is 0 Å². The summed E-state index contributed by atoms with van der Waals surface area (Å²) in [6, 6.07) is 9.07. The van der Waals surface area contributed by atoms with E-state index >= 15 is 0 Å². The number of aromatic nitrogens is 4. The Bertz CT molecular complexity index is 1260. The van der Waals surface area contributed by atoms with Gasteiger partial charge in [-0.2, -0.15) is 9.98 Å².